The van der Waals surface area contributed by atoms with Gasteiger partial charge in [-0.05, 0) is 74.5 Å². The molecule has 0 aromatic heterocycles. The summed E-state index contributed by atoms with van der Waals surface area (Å²) in [5.74, 6) is 3.22. The molecule has 4 bridgehead atoms. The first kappa shape index (κ1) is 12.7. The Morgan fingerprint density at radius 1 is 0.947 bits per heavy atom. The summed E-state index contributed by atoms with van der Waals surface area (Å²) in [4.78, 5) is 0. The first-order valence-electron chi connectivity index (χ1n) is 8.87. The van der Waals surface area contributed by atoms with E-state index in [-0.39, 0.29) is 0 Å². The van der Waals surface area contributed by atoms with Crippen LogP contribution in [0.25, 0.3) is 0 Å². The zero-order valence-electron chi connectivity index (χ0n) is 12.9. The molecule has 5 rings (SSSR count). The van der Waals surface area contributed by atoms with Crippen LogP contribution in [0.3, 0.4) is 0 Å². The minimum absolute atomic E-state index is 0.542. The zero-order valence-corrected chi connectivity index (χ0v) is 12.9. The van der Waals surface area contributed by atoms with Crippen molar-refractivity contribution < 1.29 is 0 Å². The van der Waals surface area contributed by atoms with Crippen molar-refractivity contribution in [1.82, 2.24) is 5.32 Å². The van der Waals surface area contributed by atoms with Gasteiger partial charge in [-0.25, -0.2) is 0 Å². The van der Waals surface area contributed by atoms with Crippen LogP contribution in [0.15, 0.2) is 0 Å². The molecule has 108 valence electrons. The highest BCUT2D eigenvalue weighted by Crippen LogP contribution is 2.66. The predicted molar refractivity (Wildman–Crippen MR) is 80.1 cm³/mol. The van der Waals surface area contributed by atoms with E-state index in [1.807, 2.05) is 0 Å². The molecule has 0 aromatic rings. The van der Waals surface area contributed by atoms with Crippen LogP contribution in [0.5, 0.6) is 0 Å². The van der Waals surface area contributed by atoms with Crippen molar-refractivity contribution in [2.45, 2.75) is 89.6 Å². The molecule has 5 saturated carbocycles. The highest BCUT2D eigenvalue weighted by Gasteiger charge is 2.59. The highest BCUT2D eigenvalue weighted by atomic mass is 15.0. The second kappa shape index (κ2) is 4.23. The summed E-state index contributed by atoms with van der Waals surface area (Å²) in [7, 11) is 0. The Morgan fingerprint density at radius 2 is 1.58 bits per heavy atom. The largest absolute Gasteiger partial charge is 0.309 e. The van der Waals surface area contributed by atoms with Gasteiger partial charge in [-0.2, -0.15) is 0 Å². The fourth-order valence-corrected chi connectivity index (χ4v) is 7.13. The van der Waals surface area contributed by atoms with Crippen LogP contribution in [0.1, 0.15) is 78.1 Å². The van der Waals surface area contributed by atoms with Crippen LogP contribution in [0, 0.1) is 23.2 Å². The molecule has 2 atom stereocenters. The maximum Gasteiger partial charge on any atom is 0.0194 e. The van der Waals surface area contributed by atoms with E-state index >= 15 is 0 Å². The summed E-state index contributed by atoms with van der Waals surface area (Å²) >= 11 is 0. The van der Waals surface area contributed by atoms with Crippen LogP contribution in [-0.2, 0) is 0 Å². The lowest BCUT2D eigenvalue weighted by molar-refractivity contribution is -0.112. The third-order valence-electron chi connectivity index (χ3n) is 6.92. The maximum absolute atomic E-state index is 4.04. The second-order valence-electron chi connectivity index (χ2n) is 8.88. The molecule has 2 unspecified atom stereocenters. The van der Waals surface area contributed by atoms with Crippen LogP contribution in [0.2, 0.25) is 0 Å². The van der Waals surface area contributed by atoms with E-state index in [1.165, 1.54) is 32.1 Å². The van der Waals surface area contributed by atoms with E-state index in [0.29, 0.717) is 11.6 Å². The quantitative estimate of drug-likeness (QED) is 0.788. The molecule has 1 nitrogen and oxygen atoms in total. The smallest absolute Gasteiger partial charge is 0.0194 e. The van der Waals surface area contributed by atoms with Crippen molar-refractivity contribution in [1.29, 1.82) is 0 Å². The number of hydrogen-bond donors (Lipinski definition) is 1. The molecule has 0 heterocycles. The minimum atomic E-state index is 0.542. The summed E-state index contributed by atoms with van der Waals surface area (Å²) in [5, 5.41) is 4.04. The summed E-state index contributed by atoms with van der Waals surface area (Å²) in [6.07, 6.45) is 15.4. The van der Waals surface area contributed by atoms with Crippen molar-refractivity contribution in [3.63, 3.8) is 0 Å². The molecule has 19 heavy (non-hydrogen) atoms. The SMILES string of the molecule is CC(C)NC12CC3CC(C1)CC(C1CCCC1)(C3)C2. The molecule has 0 aliphatic heterocycles. The van der Waals surface area contributed by atoms with Crippen molar-refractivity contribution >= 4 is 0 Å². The fraction of sp³-hybridized carbons (Fsp3) is 1.00. The van der Waals surface area contributed by atoms with Crippen LogP contribution in [-0.4, -0.2) is 11.6 Å². The molecule has 0 amide bonds. The van der Waals surface area contributed by atoms with E-state index < -0.39 is 0 Å². The Kier molecular flexibility index (Phi) is 2.82. The van der Waals surface area contributed by atoms with Gasteiger partial charge in [0.15, 0.2) is 0 Å². The second-order valence-corrected chi connectivity index (χ2v) is 8.88. The van der Waals surface area contributed by atoms with Gasteiger partial charge in [0.2, 0.25) is 0 Å². The minimum Gasteiger partial charge on any atom is -0.309 e. The predicted octanol–water partition coefficient (Wildman–Crippen LogP) is 4.51. The Morgan fingerprint density at radius 3 is 2.16 bits per heavy atom. The van der Waals surface area contributed by atoms with Gasteiger partial charge in [0.1, 0.15) is 0 Å². The van der Waals surface area contributed by atoms with Gasteiger partial charge in [0.25, 0.3) is 0 Å². The summed E-state index contributed by atoms with van der Waals surface area (Å²) in [6, 6.07) is 0.664. The molecular formula is C18H31N. The third kappa shape index (κ3) is 1.99. The molecule has 0 radical (unpaired) electrons. The van der Waals surface area contributed by atoms with Crippen LogP contribution in [0.4, 0.5) is 0 Å². The van der Waals surface area contributed by atoms with E-state index in [4.69, 9.17) is 0 Å². The zero-order chi connectivity index (χ0) is 13.1. The topological polar surface area (TPSA) is 12.0 Å². The van der Waals surface area contributed by atoms with Crippen molar-refractivity contribution in [2.24, 2.45) is 23.2 Å². The molecule has 5 fully saturated rings. The van der Waals surface area contributed by atoms with Gasteiger partial charge in [0.05, 0.1) is 0 Å². The van der Waals surface area contributed by atoms with Gasteiger partial charge in [-0.3, -0.25) is 0 Å². The highest BCUT2D eigenvalue weighted by molar-refractivity contribution is 5.13. The van der Waals surface area contributed by atoms with E-state index in [2.05, 4.69) is 19.2 Å². The average Bonchev–Trinajstić information content (AvgIpc) is 2.78. The fourth-order valence-electron chi connectivity index (χ4n) is 7.13. The standard InChI is InChI=1S/C18H31N/c1-13(2)19-18-10-14-7-15(11-18)9-17(8-14,12-18)16-5-3-4-6-16/h13-16,19H,3-12H2,1-2H3. The summed E-state index contributed by atoms with van der Waals surface area (Å²) in [5.41, 5.74) is 1.31. The van der Waals surface area contributed by atoms with Gasteiger partial charge >= 0.3 is 0 Å². The lowest BCUT2D eigenvalue weighted by Crippen LogP contribution is -2.64. The first-order chi connectivity index (χ1) is 9.09. The first-order valence-corrected chi connectivity index (χ1v) is 8.87. The average molecular weight is 261 g/mol. The summed E-state index contributed by atoms with van der Waals surface area (Å²) < 4.78 is 0. The molecule has 1 N–H and O–H groups in total. The van der Waals surface area contributed by atoms with E-state index in [1.54, 1.807) is 32.1 Å². The molecule has 0 saturated heterocycles. The van der Waals surface area contributed by atoms with Crippen molar-refractivity contribution in [3.05, 3.63) is 0 Å². The molecule has 1 heteroatoms. The monoisotopic (exact) mass is 261 g/mol. The number of nitrogens with one attached hydrogen (secondary N) is 1. The molecule has 5 aliphatic rings. The lowest BCUT2D eigenvalue weighted by atomic mass is 9.44. The molecule has 0 aromatic carbocycles. The van der Waals surface area contributed by atoms with E-state index in [0.717, 1.165) is 23.2 Å². The Balaban J connectivity index is 1.63. The van der Waals surface area contributed by atoms with Gasteiger partial charge in [-0.1, -0.05) is 26.7 Å². The van der Waals surface area contributed by atoms with E-state index in [9.17, 15) is 0 Å². The van der Waals surface area contributed by atoms with Gasteiger partial charge < -0.3 is 5.32 Å². The lowest BCUT2D eigenvalue weighted by Gasteiger charge is -2.64. The van der Waals surface area contributed by atoms with Gasteiger partial charge in [-0.15, -0.1) is 0 Å². The Labute approximate surface area is 118 Å². The maximum atomic E-state index is 4.04. The van der Waals surface area contributed by atoms with Crippen LogP contribution >= 0.6 is 0 Å². The Hall–Kier alpha value is -0.0400. The molecular weight excluding hydrogens is 230 g/mol. The Bertz CT molecular complexity index is 333. The third-order valence-corrected chi connectivity index (χ3v) is 6.92. The number of rotatable bonds is 3. The van der Waals surface area contributed by atoms with Gasteiger partial charge in [0, 0.05) is 11.6 Å². The number of hydrogen-bond acceptors (Lipinski definition) is 1. The molecule has 0 spiro atoms. The van der Waals surface area contributed by atoms with Crippen LogP contribution < -0.4 is 5.32 Å². The normalized spacial score (nSPS) is 49.4. The van der Waals surface area contributed by atoms with Crippen molar-refractivity contribution in [2.75, 3.05) is 0 Å². The molecule has 5 aliphatic carbocycles. The van der Waals surface area contributed by atoms with Crippen molar-refractivity contribution in [3.8, 4) is 0 Å². The summed E-state index contributed by atoms with van der Waals surface area (Å²) in [6.45, 7) is 4.70.